The molecule has 0 saturated heterocycles. The standard InChI is InChI=1S/C17H25N3O2.BrH/c1-3-20(4-2)9-8-18-16-13-15(22-11-10-21)12-14-6-5-7-19-17(14)16;/h5-7,12-13,18,21H,3-4,8-11H2,1-2H3;1H. The van der Waals surface area contributed by atoms with Crippen molar-refractivity contribution in [2.75, 3.05) is 44.7 Å². The molecule has 0 unspecified atom stereocenters. The molecule has 2 rings (SSSR count). The molecule has 0 spiro atoms. The molecule has 0 bridgehead atoms. The van der Waals surface area contributed by atoms with E-state index >= 15 is 0 Å². The van der Waals surface area contributed by atoms with E-state index in [-0.39, 0.29) is 23.6 Å². The van der Waals surface area contributed by atoms with E-state index in [0.717, 1.165) is 48.5 Å². The van der Waals surface area contributed by atoms with Gasteiger partial charge in [-0.1, -0.05) is 19.9 Å². The van der Waals surface area contributed by atoms with Gasteiger partial charge >= 0.3 is 0 Å². The fraction of sp³-hybridized carbons (Fsp3) is 0.471. The van der Waals surface area contributed by atoms with Gasteiger partial charge in [0.1, 0.15) is 12.4 Å². The molecule has 1 aromatic carbocycles. The molecule has 0 fully saturated rings. The summed E-state index contributed by atoms with van der Waals surface area (Å²) in [5.41, 5.74) is 1.91. The summed E-state index contributed by atoms with van der Waals surface area (Å²) in [6, 6.07) is 7.84. The normalized spacial score (nSPS) is 10.6. The van der Waals surface area contributed by atoms with Gasteiger partial charge in [-0.3, -0.25) is 4.98 Å². The zero-order valence-corrected chi connectivity index (χ0v) is 15.5. The molecule has 0 amide bonds. The highest BCUT2D eigenvalue weighted by Crippen LogP contribution is 2.27. The third-order valence-electron chi connectivity index (χ3n) is 3.68. The van der Waals surface area contributed by atoms with E-state index in [1.54, 1.807) is 6.20 Å². The van der Waals surface area contributed by atoms with Crippen molar-refractivity contribution in [1.29, 1.82) is 0 Å². The summed E-state index contributed by atoms with van der Waals surface area (Å²) in [7, 11) is 0. The monoisotopic (exact) mass is 383 g/mol. The minimum Gasteiger partial charge on any atom is -0.491 e. The number of hydrogen-bond acceptors (Lipinski definition) is 5. The molecular formula is C17H26BrN3O2. The Morgan fingerprint density at radius 1 is 1.26 bits per heavy atom. The molecule has 23 heavy (non-hydrogen) atoms. The van der Waals surface area contributed by atoms with Crippen molar-refractivity contribution in [3.05, 3.63) is 30.5 Å². The third kappa shape index (κ3) is 5.64. The van der Waals surface area contributed by atoms with E-state index in [1.807, 2.05) is 24.3 Å². The molecule has 0 aliphatic carbocycles. The first-order chi connectivity index (χ1) is 10.8. The number of anilines is 1. The van der Waals surface area contributed by atoms with Gasteiger partial charge in [0.25, 0.3) is 0 Å². The lowest BCUT2D eigenvalue weighted by Crippen LogP contribution is -2.28. The van der Waals surface area contributed by atoms with Gasteiger partial charge in [-0.05, 0) is 25.2 Å². The zero-order chi connectivity index (χ0) is 15.8. The molecule has 2 N–H and O–H groups in total. The largest absolute Gasteiger partial charge is 0.491 e. The Morgan fingerprint density at radius 2 is 2.04 bits per heavy atom. The number of ether oxygens (including phenoxy) is 1. The molecule has 6 heteroatoms. The molecular weight excluding hydrogens is 358 g/mol. The van der Waals surface area contributed by atoms with Crippen LogP contribution < -0.4 is 10.1 Å². The number of fused-ring (bicyclic) bond motifs is 1. The smallest absolute Gasteiger partial charge is 0.122 e. The fourth-order valence-electron chi connectivity index (χ4n) is 2.43. The Labute approximate surface area is 148 Å². The molecule has 1 aromatic heterocycles. The number of pyridine rings is 1. The number of likely N-dealkylation sites (N-methyl/N-ethyl adjacent to an activating group) is 1. The maximum absolute atomic E-state index is 8.91. The number of hydrogen-bond donors (Lipinski definition) is 2. The second-order valence-corrected chi connectivity index (χ2v) is 5.07. The van der Waals surface area contributed by atoms with Crippen LogP contribution in [0.5, 0.6) is 5.75 Å². The molecule has 128 valence electrons. The maximum atomic E-state index is 8.91. The third-order valence-corrected chi connectivity index (χ3v) is 3.68. The van der Waals surface area contributed by atoms with Gasteiger partial charge in [-0.2, -0.15) is 0 Å². The van der Waals surface area contributed by atoms with Crippen molar-refractivity contribution in [3.8, 4) is 5.75 Å². The van der Waals surface area contributed by atoms with Crippen molar-refractivity contribution in [1.82, 2.24) is 9.88 Å². The predicted octanol–water partition coefficient (Wildman–Crippen LogP) is 2.94. The number of halogens is 1. The van der Waals surface area contributed by atoms with Crippen LogP contribution in [-0.4, -0.2) is 54.4 Å². The van der Waals surface area contributed by atoms with Crippen molar-refractivity contribution in [2.45, 2.75) is 13.8 Å². The molecule has 0 aliphatic heterocycles. The Morgan fingerprint density at radius 3 is 2.74 bits per heavy atom. The molecule has 2 aromatic rings. The number of aliphatic hydroxyl groups excluding tert-OH is 1. The van der Waals surface area contributed by atoms with Gasteiger partial charge < -0.3 is 20.1 Å². The van der Waals surface area contributed by atoms with Crippen molar-refractivity contribution in [3.63, 3.8) is 0 Å². The number of rotatable bonds is 9. The van der Waals surface area contributed by atoms with Crippen molar-refractivity contribution < 1.29 is 9.84 Å². The minimum absolute atomic E-state index is 0. The lowest BCUT2D eigenvalue weighted by molar-refractivity contribution is 0.201. The highest BCUT2D eigenvalue weighted by molar-refractivity contribution is 8.93. The first kappa shape index (κ1) is 19.7. The Hall–Kier alpha value is -1.37. The van der Waals surface area contributed by atoms with Crippen LogP contribution in [0.4, 0.5) is 5.69 Å². The summed E-state index contributed by atoms with van der Waals surface area (Å²) in [4.78, 5) is 6.83. The fourth-order valence-corrected chi connectivity index (χ4v) is 2.43. The summed E-state index contributed by atoms with van der Waals surface area (Å²) in [6.07, 6.45) is 1.80. The highest BCUT2D eigenvalue weighted by atomic mass is 79.9. The summed E-state index contributed by atoms with van der Waals surface area (Å²) in [5.74, 6) is 0.750. The van der Waals surface area contributed by atoms with E-state index < -0.39 is 0 Å². The van der Waals surface area contributed by atoms with Crippen LogP contribution in [0.2, 0.25) is 0 Å². The lowest BCUT2D eigenvalue weighted by atomic mass is 10.1. The SMILES string of the molecule is Br.CCN(CC)CCNc1cc(OCCO)cc2cccnc12. The molecule has 5 nitrogen and oxygen atoms in total. The van der Waals surface area contributed by atoms with Crippen LogP contribution >= 0.6 is 17.0 Å². The maximum Gasteiger partial charge on any atom is 0.122 e. The van der Waals surface area contributed by atoms with Crippen LogP contribution in [0.25, 0.3) is 10.9 Å². The molecule has 0 atom stereocenters. The molecule has 1 heterocycles. The van der Waals surface area contributed by atoms with Gasteiger partial charge in [0, 0.05) is 30.7 Å². The van der Waals surface area contributed by atoms with E-state index in [1.165, 1.54) is 0 Å². The number of aliphatic hydroxyl groups is 1. The van der Waals surface area contributed by atoms with Crippen LogP contribution in [0.1, 0.15) is 13.8 Å². The van der Waals surface area contributed by atoms with Gasteiger partial charge in [-0.15, -0.1) is 17.0 Å². The second-order valence-electron chi connectivity index (χ2n) is 5.07. The van der Waals surface area contributed by atoms with Crippen LogP contribution in [0, 0.1) is 0 Å². The van der Waals surface area contributed by atoms with Gasteiger partial charge in [0.2, 0.25) is 0 Å². The summed E-state index contributed by atoms with van der Waals surface area (Å²) < 4.78 is 5.55. The van der Waals surface area contributed by atoms with Crippen LogP contribution in [0.15, 0.2) is 30.5 Å². The Balaban J connectivity index is 0.00000264. The topological polar surface area (TPSA) is 57.6 Å². The van der Waals surface area contributed by atoms with E-state index in [4.69, 9.17) is 9.84 Å². The quantitative estimate of drug-likeness (QED) is 0.696. The molecule has 0 saturated carbocycles. The summed E-state index contributed by atoms with van der Waals surface area (Å²) >= 11 is 0. The van der Waals surface area contributed by atoms with E-state index in [2.05, 4.69) is 29.0 Å². The summed E-state index contributed by atoms with van der Waals surface area (Å²) in [6.45, 7) is 8.60. The average Bonchev–Trinajstić information content (AvgIpc) is 2.56. The van der Waals surface area contributed by atoms with Crippen molar-refractivity contribution >= 4 is 33.6 Å². The van der Waals surface area contributed by atoms with E-state index in [9.17, 15) is 0 Å². The highest BCUT2D eigenvalue weighted by Gasteiger charge is 2.07. The number of nitrogens with one attached hydrogen (secondary N) is 1. The van der Waals surface area contributed by atoms with Gasteiger partial charge in [0.15, 0.2) is 0 Å². The first-order valence-corrected chi connectivity index (χ1v) is 7.87. The Kier molecular flexibility index (Phi) is 8.91. The summed E-state index contributed by atoms with van der Waals surface area (Å²) in [5, 5.41) is 13.4. The predicted molar refractivity (Wildman–Crippen MR) is 101 cm³/mol. The lowest BCUT2D eigenvalue weighted by Gasteiger charge is -2.19. The minimum atomic E-state index is 0. The van der Waals surface area contributed by atoms with E-state index in [0.29, 0.717) is 6.61 Å². The van der Waals surface area contributed by atoms with Crippen LogP contribution in [-0.2, 0) is 0 Å². The number of benzene rings is 1. The number of nitrogens with zero attached hydrogens (tertiary/aromatic N) is 2. The molecule has 0 aliphatic rings. The van der Waals surface area contributed by atoms with Gasteiger partial charge in [0.05, 0.1) is 17.8 Å². The number of aromatic nitrogens is 1. The van der Waals surface area contributed by atoms with Crippen molar-refractivity contribution in [2.24, 2.45) is 0 Å². The average molecular weight is 384 g/mol. The van der Waals surface area contributed by atoms with Crippen LogP contribution in [0.3, 0.4) is 0 Å². The zero-order valence-electron chi connectivity index (χ0n) is 13.8. The van der Waals surface area contributed by atoms with Gasteiger partial charge in [-0.25, -0.2) is 0 Å². The molecule has 0 radical (unpaired) electrons. The second kappa shape index (κ2) is 10.4. The Bertz CT molecular complexity index is 591. The first-order valence-electron chi connectivity index (χ1n) is 7.87.